The lowest BCUT2D eigenvalue weighted by atomic mass is 9.98. The number of hydrogen-bond donors (Lipinski definition) is 3. The molecule has 0 atom stereocenters. The number of ether oxygens (including phenoxy) is 1. The Kier molecular flexibility index (Phi) is 7.41. The van der Waals surface area contributed by atoms with Crippen LogP contribution < -0.4 is 11.2 Å². The number of hydrazone groups is 1. The number of benzene rings is 1. The van der Waals surface area contributed by atoms with Gasteiger partial charge < -0.3 is 21.0 Å². The highest BCUT2D eigenvalue weighted by atomic mass is 16.5. The quantitative estimate of drug-likeness (QED) is 0.195. The molecular formula is C15H19N3O5. The molecule has 0 spiro atoms. The number of ketones is 1. The second-order valence-corrected chi connectivity index (χ2v) is 4.62. The number of carbonyl (C=O) groups is 3. The Bertz CT molecular complexity index is 613. The average Bonchev–Trinajstić information content (AvgIpc) is 2.52. The first-order valence-corrected chi connectivity index (χ1v) is 6.90. The Labute approximate surface area is 133 Å². The molecule has 0 saturated carbocycles. The number of rotatable bonds is 9. The zero-order chi connectivity index (χ0) is 17.2. The van der Waals surface area contributed by atoms with E-state index in [1.807, 2.05) is 0 Å². The van der Waals surface area contributed by atoms with Crippen LogP contribution >= 0.6 is 0 Å². The van der Waals surface area contributed by atoms with Crippen LogP contribution in [0.5, 0.6) is 0 Å². The molecule has 0 aliphatic heterocycles. The first kappa shape index (κ1) is 18.3. The number of nitrogens with two attached hydrogens (primary N) is 1. The van der Waals surface area contributed by atoms with Gasteiger partial charge >= 0.3 is 5.97 Å². The molecule has 1 aromatic carbocycles. The molecular weight excluding hydrogens is 302 g/mol. The summed E-state index contributed by atoms with van der Waals surface area (Å²) in [6.45, 7) is 0.872. The molecule has 4 N–H and O–H groups in total. The number of aromatic carboxylic acids is 1. The highest BCUT2D eigenvalue weighted by Gasteiger charge is 2.22. The van der Waals surface area contributed by atoms with E-state index in [0.29, 0.717) is 19.6 Å². The maximum atomic E-state index is 12.2. The van der Waals surface area contributed by atoms with Crippen LogP contribution in [-0.4, -0.2) is 48.7 Å². The van der Waals surface area contributed by atoms with Gasteiger partial charge in [-0.2, -0.15) is 5.10 Å². The molecule has 0 aliphatic rings. The molecule has 0 radical (unpaired) electrons. The number of methoxy groups -OCH3 is 1. The smallest absolute Gasteiger partial charge is 0.336 e. The molecule has 0 fully saturated rings. The summed E-state index contributed by atoms with van der Waals surface area (Å²) < 4.78 is 4.84. The van der Waals surface area contributed by atoms with Gasteiger partial charge in [0.1, 0.15) is 5.71 Å². The predicted octanol–water partition coefficient (Wildman–Crippen LogP) is 0.160. The zero-order valence-electron chi connectivity index (χ0n) is 12.7. The SMILES string of the molecule is COCCCNC(=O)CC(=O)/C(=N/N)c1ccccc1C(=O)O. The van der Waals surface area contributed by atoms with E-state index in [4.69, 9.17) is 15.7 Å². The normalized spacial score (nSPS) is 11.1. The monoisotopic (exact) mass is 321 g/mol. The summed E-state index contributed by atoms with van der Waals surface area (Å²) in [4.78, 5) is 35.1. The van der Waals surface area contributed by atoms with Crippen molar-refractivity contribution in [2.75, 3.05) is 20.3 Å². The second kappa shape index (κ2) is 9.31. The predicted molar refractivity (Wildman–Crippen MR) is 83.3 cm³/mol. The van der Waals surface area contributed by atoms with Crippen molar-refractivity contribution < 1.29 is 24.2 Å². The topological polar surface area (TPSA) is 131 Å². The van der Waals surface area contributed by atoms with E-state index in [2.05, 4.69) is 10.4 Å². The van der Waals surface area contributed by atoms with Crippen LogP contribution in [0.25, 0.3) is 0 Å². The van der Waals surface area contributed by atoms with E-state index in [9.17, 15) is 14.4 Å². The maximum Gasteiger partial charge on any atom is 0.336 e. The number of nitrogens with zero attached hydrogens (tertiary/aromatic N) is 1. The standard InChI is InChI=1S/C15H19N3O5/c1-23-8-4-7-17-13(20)9-12(19)14(18-16)10-5-2-3-6-11(10)15(21)22/h2-3,5-6H,4,7-9,16H2,1H3,(H,17,20)(H,21,22)/b18-14+. The Hall–Kier alpha value is -2.74. The van der Waals surface area contributed by atoms with E-state index in [-0.39, 0.29) is 16.8 Å². The number of amides is 1. The Balaban J connectivity index is 2.77. The lowest BCUT2D eigenvalue weighted by molar-refractivity contribution is -0.125. The minimum Gasteiger partial charge on any atom is -0.478 e. The number of Topliss-reactive ketones (excluding diaryl/α,β-unsaturated/α-hetero) is 1. The third-order valence-electron chi connectivity index (χ3n) is 2.97. The fraction of sp³-hybridized carbons (Fsp3) is 0.333. The average molecular weight is 321 g/mol. The van der Waals surface area contributed by atoms with Gasteiger partial charge in [0.05, 0.1) is 12.0 Å². The van der Waals surface area contributed by atoms with Crippen LogP contribution in [0.3, 0.4) is 0 Å². The molecule has 124 valence electrons. The van der Waals surface area contributed by atoms with Crippen LogP contribution in [0.2, 0.25) is 0 Å². The van der Waals surface area contributed by atoms with Crippen LogP contribution in [-0.2, 0) is 14.3 Å². The van der Waals surface area contributed by atoms with Crippen molar-refractivity contribution >= 4 is 23.4 Å². The van der Waals surface area contributed by atoms with Crippen molar-refractivity contribution in [3.05, 3.63) is 35.4 Å². The van der Waals surface area contributed by atoms with Crippen molar-refractivity contribution in [3.63, 3.8) is 0 Å². The Morgan fingerprint density at radius 3 is 2.48 bits per heavy atom. The summed E-state index contributed by atoms with van der Waals surface area (Å²) in [6.07, 6.45) is 0.160. The largest absolute Gasteiger partial charge is 0.478 e. The zero-order valence-corrected chi connectivity index (χ0v) is 12.7. The van der Waals surface area contributed by atoms with Crippen molar-refractivity contribution in [1.82, 2.24) is 5.32 Å². The highest BCUT2D eigenvalue weighted by molar-refractivity contribution is 6.49. The Morgan fingerprint density at radius 1 is 1.26 bits per heavy atom. The minimum absolute atomic E-state index is 0.0830. The molecule has 0 aliphatic carbocycles. The molecule has 0 saturated heterocycles. The first-order valence-electron chi connectivity index (χ1n) is 6.90. The maximum absolute atomic E-state index is 12.2. The minimum atomic E-state index is -1.21. The lowest BCUT2D eigenvalue weighted by Crippen LogP contribution is -2.30. The summed E-state index contributed by atoms with van der Waals surface area (Å²) in [7, 11) is 1.55. The van der Waals surface area contributed by atoms with E-state index in [1.54, 1.807) is 13.2 Å². The number of carboxylic acids is 1. The second-order valence-electron chi connectivity index (χ2n) is 4.62. The van der Waals surface area contributed by atoms with Crippen LogP contribution in [0.15, 0.2) is 29.4 Å². The molecule has 1 rings (SSSR count). The van der Waals surface area contributed by atoms with E-state index in [0.717, 1.165) is 0 Å². The molecule has 1 aromatic rings. The van der Waals surface area contributed by atoms with Crippen molar-refractivity contribution in [3.8, 4) is 0 Å². The van der Waals surface area contributed by atoms with Gasteiger partial charge in [-0.1, -0.05) is 18.2 Å². The van der Waals surface area contributed by atoms with Crippen LogP contribution in [0.4, 0.5) is 0 Å². The van der Waals surface area contributed by atoms with Crippen LogP contribution in [0, 0.1) is 0 Å². The van der Waals surface area contributed by atoms with Gasteiger partial charge in [-0.3, -0.25) is 9.59 Å². The molecule has 0 bridgehead atoms. The number of carbonyl (C=O) groups excluding carboxylic acids is 2. The van der Waals surface area contributed by atoms with E-state index in [1.165, 1.54) is 18.2 Å². The molecule has 0 heterocycles. The summed E-state index contributed by atoms with van der Waals surface area (Å²) in [6, 6.07) is 5.84. The third-order valence-corrected chi connectivity index (χ3v) is 2.97. The van der Waals surface area contributed by atoms with Gasteiger partial charge in [0, 0.05) is 25.8 Å². The summed E-state index contributed by atoms with van der Waals surface area (Å²) in [5, 5.41) is 15.1. The summed E-state index contributed by atoms with van der Waals surface area (Å²) >= 11 is 0. The fourth-order valence-corrected chi connectivity index (χ4v) is 1.90. The van der Waals surface area contributed by atoms with Gasteiger partial charge in [0.25, 0.3) is 0 Å². The summed E-state index contributed by atoms with van der Waals surface area (Å²) in [5.41, 5.74) is -0.264. The van der Waals surface area contributed by atoms with Gasteiger partial charge in [0.2, 0.25) is 5.91 Å². The van der Waals surface area contributed by atoms with Crippen molar-refractivity contribution in [2.24, 2.45) is 10.9 Å². The van der Waals surface area contributed by atoms with Gasteiger partial charge in [0.15, 0.2) is 5.78 Å². The van der Waals surface area contributed by atoms with Crippen molar-refractivity contribution in [1.29, 1.82) is 0 Å². The van der Waals surface area contributed by atoms with Gasteiger partial charge in [-0.05, 0) is 12.5 Å². The summed E-state index contributed by atoms with van der Waals surface area (Å²) in [5.74, 6) is 2.87. The molecule has 8 nitrogen and oxygen atoms in total. The van der Waals surface area contributed by atoms with Crippen molar-refractivity contribution in [2.45, 2.75) is 12.8 Å². The third kappa shape index (κ3) is 5.51. The molecule has 8 heteroatoms. The number of nitrogens with one attached hydrogen (secondary N) is 1. The van der Waals surface area contributed by atoms with Crippen LogP contribution in [0.1, 0.15) is 28.8 Å². The number of hydrogen-bond acceptors (Lipinski definition) is 6. The van der Waals surface area contributed by atoms with E-state index < -0.39 is 24.1 Å². The highest BCUT2D eigenvalue weighted by Crippen LogP contribution is 2.11. The lowest BCUT2D eigenvalue weighted by Gasteiger charge is -2.08. The van der Waals surface area contributed by atoms with Gasteiger partial charge in [-0.15, -0.1) is 0 Å². The first-order chi connectivity index (χ1) is 11.0. The molecule has 1 amide bonds. The van der Waals surface area contributed by atoms with Gasteiger partial charge in [-0.25, -0.2) is 4.79 Å². The molecule has 23 heavy (non-hydrogen) atoms. The Morgan fingerprint density at radius 2 is 1.91 bits per heavy atom. The molecule has 0 unspecified atom stereocenters. The fourth-order valence-electron chi connectivity index (χ4n) is 1.90. The van der Waals surface area contributed by atoms with E-state index >= 15 is 0 Å². The molecule has 0 aromatic heterocycles. The number of carboxylic acid groups (broad SMARTS) is 1.